The van der Waals surface area contributed by atoms with Gasteiger partial charge in [0, 0.05) is 23.9 Å². The fraction of sp³-hybridized carbons (Fsp3) is 0.458. The average molecular weight is 440 g/mol. The van der Waals surface area contributed by atoms with Crippen LogP contribution in [0, 0.1) is 5.92 Å². The molecule has 0 atom stereocenters. The Balaban J connectivity index is 1.47. The minimum absolute atomic E-state index is 0.128. The molecule has 1 fully saturated rings. The molecule has 1 aliphatic heterocycles. The number of likely N-dealkylation sites (tertiary alicyclic amines) is 1. The minimum Gasteiger partial charge on any atom is -0.369 e. The van der Waals surface area contributed by atoms with E-state index in [9.17, 15) is 14.4 Å². The van der Waals surface area contributed by atoms with Gasteiger partial charge in [-0.2, -0.15) is 0 Å². The Morgan fingerprint density at radius 2 is 1.71 bits per heavy atom. The number of carbonyl (C=O) groups is 3. The van der Waals surface area contributed by atoms with Gasteiger partial charge in [-0.1, -0.05) is 25.0 Å². The molecule has 164 valence electrons. The number of amides is 3. The number of hydrogen-bond donors (Lipinski definition) is 2. The number of nitrogens with zero attached hydrogens (tertiary/aromatic N) is 1. The summed E-state index contributed by atoms with van der Waals surface area (Å²) in [4.78, 5) is 41.3. The minimum atomic E-state index is -0.301. The maximum atomic E-state index is 13.1. The summed E-state index contributed by atoms with van der Waals surface area (Å²) >= 11 is 1.58. The van der Waals surface area contributed by atoms with E-state index in [0.29, 0.717) is 42.1 Å². The molecule has 0 saturated carbocycles. The summed E-state index contributed by atoms with van der Waals surface area (Å²) in [6.45, 7) is 0.985. The molecular formula is C24H29N3O3S. The first kappa shape index (κ1) is 21.6. The molecule has 0 radical (unpaired) electrons. The predicted molar refractivity (Wildman–Crippen MR) is 122 cm³/mol. The van der Waals surface area contributed by atoms with Crippen LogP contribution >= 0.6 is 11.3 Å². The Hall–Kier alpha value is -2.67. The molecule has 1 saturated heterocycles. The van der Waals surface area contributed by atoms with Gasteiger partial charge in [0.2, 0.25) is 5.91 Å². The van der Waals surface area contributed by atoms with E-state index in [1.54, 1.807) is 34.4 Å². The Kier molecular flexibility index (Phi) is 6.70. The first-order chi connectivity index (χ1) is 15.0. The third-order valence-electron chi connectivity index (χ3n) is 6.31. The highest BCUT2D eigenvalue weighted by atomic mass is 32.1. The standard InChI is InChI=1S/C24H29N3O3S/c25-22(28)16-11-13-27(14-12-16)24(30)18-8-5-6-9-19(18)26-23(29)21-15-17-7-3-1-2-4-10-20(17)31-21/h5-6,8-9,15-16H,1-4,7,10-14H2,(H2,25,28)(H,26,29). The van der Waals surface area contributed by atoms with Crippen molar-refractivity contribution in [1.29, 1.82) is 0 Å². The van der Waals surface area contributed by atoms with Crippen LogP contribution in [0.4, 0.5) is 5.69 Å². The van der Waals surface area contributed by atoms with Gasteiger partial charge in [0.15, 0.2) is 0 Å². The van der Waals surface area contributed by atoms with Gasteiger partial charge in [-0.15, -0.1) is 11.3 Å². The van der Waals surface area contributed by atoms with Crippen molar-refractivity contribution in [3.63, 3.8) is 0 Å². The fourth-order valence-corrected chi connectivity index (χ4v) is 5.60. The zero-order valence-corrected chi connectivity index (χ0v) is 18.5. The van der Waals surface area contributed by atoms with Crippen LogP contribution in [0.1, 0.15) is 69.0 Å². The molecule has 3 N–H and O–H groups in total. The van der Waals surface area contributed by atoms with Crippen molar-refractivity contribution >= 4 is 34.7 Å². The summed E-state index contributed by atoms with van der Waals surface area (Å²) in [6, 6.07) is 9.16. The lowest BCUT2D eigenvalue weighted by molar-refractivity contribution is -0.123. The monoisotopic (exact) mass is 439 g/mol. The number of fused-ring (bicyclic) bond motifs is 1. The Bertz CT molecular complexity index is 951. The van der Waals surface area contributed by atoms with Crippen LogP contribution in [0.25, 0.3) is 0 Å². The van der Waals surface area contributed by atoms with Crippen molar-refractivity contribution in [2.45, 2.75) is 51.4 Å². The van der Waals surface area contributed by atoms with Gasteiger partial charge in [-0.05, 0) is 62.3 Å². The molecule has 31 heavy (non-hydrogen) atoms. The van der Waals surface area contributed by atoms with Gasteiger partial charge in [0.05, 0.1) is 16.1 Å². The summed E-state index contributed by atoms with van der Waals surface area (Å²) < 4.78 is 0. The molecule has 1 aliphatic carbocycles. The van der Waals surface area contributed by atoms with Gasteiger partial charge >= 0.3 is 0 Å². The van der Waals surface area contributed by atoms with E-state index in [0.717, 1.165) is 12.8 Å². The quantitative estimate of drug-likeness (QED) is 0.754. The summed E-state index contributed by atoms with van der Waals surface area (Å²) in [5.41, 5.74) is 7.70. The molecule has 1 aromatic carbocycles. The predicted octanol–water partition coefficient (Wildman–Crippen LogP) is 4.00. The first-order valence-electron chi connectivity index (χ1n) is 11.1. The number of thiophene rings is 1. The molecule has 1 aromatic heterocycles. The SMILES string of the molecule is NC(=O)C1CCN(C(=O)c2ccccc2NC(=O)c2cc3c(s2)CCCCCC3)CC1. The number of carbonyl (C=O) groups excluding carboxylic acids is 3. The van der Waals surface area contributed by atoms with Crippen molar-refractivity contribution < 1.29 is 14.4 Å². The van der Waals surface area contributed by atoms with E-state index in [4.69, 9.17) is 5.73 Å². The Morgan fingerprint density at radius 1 is 1.00 bits per heavy atom. The topological polar surface area (TPSA) is 92.5 Å². The largest absolute Gasteiger partial charge is 0.369 e. The van der Waals surface area contributed by atoms with Crippen LogP contribution in [0.5, 0.6) is 0 Å². The Labute approximate surface area is 186 Å². The van der Waals surface area contributed by atoms with E-state index in [1.807, 2.05) is 12.1 Å². The van der Waals surface area contributed by atoms with Crippen LogP contribution < -0.4 is 11.1 Å². The number of benzene rings is 1. The molecule has 7 heteroatoms. The fourth-order valence-electron chi connectivity index (χ4n) is 4.46. The zero-order valence-electron chi connectivity index (χ0n) is 17.7. The number of primary amides is 1. The number of piperidine rings is 1. The summed E-state index contributed by atoms with van der Waals surface area (Å²) in [6.07, 6.45) is 8.10. The van der Waals surface area contributed by atoms with Gasteiger partial charge in [0.1, 0.15) is 0 Å². The summed E-state index contributed by atoms with van der Waals surface area (Å²) in [5.74, 6) is -0.760. The highest BCUT2D eigenvalue weighted by molar-refractivity contribution is 7.14. The number of anilines is 1. The molecule has 6 nitrogen and oxygen atoms in total. The van der Waals surface area contributed by atoms with Crippen LogP contribution in [-0.2, 0) is 17.6 Å². The number of nitrogens with one attached hydrogen (secondary N) is 1. The van der Waals surface area contributed by atoms with Gasteiger partial charge in [-0.3, -0.25) is 14.4 Å². The zero-order chi connectivity index (χ0) is 21.8. The molecule has 2 heterocycles. The lowest BCUT2D eigenvalue weighted by atomic mass is 9.95. The summed E-state index contributed by atoms with van der Waals surface area (Å²) in [5, 5.41) is 2.96. The molecule has 3 amide bonds. The molecule has 0 spiro atoms. The summed E-state index contributed by atoms with van der Waals surface area (Å²) in [7, 11) is 0. The first-order valence-corrected chi connectivity index (χ1v) is 11.9. The highest BCUT2D eigenvalue weighted by Crippen LogP contribution is 2.30. The van der Waals surface area contributed by atoms with Crippen molar-refractivity contribution in [2.75, 3.05) is 18.4 Å². The number of aryl methyl sites for hydroxylation is 2. The lowest BCUT2D eigenvalue weighted by Crippen LogP contribution is -2.42. The van der Waals surface area contributed by atoms with E-state index < -0.39 is 0 Å². The molecule has 0 bridgehead atoms. The van der Waals surface area contributed by atoms with Crippen LogP contribution in [0.2, 0.25) is 0 Å². The smallest absolute Gasteiger partial charge is 0.265 e. The van der Waals surface area contributed by atoms with Gasteiger partial charge in [-0.25, -0.2) is 0 Å². The van der Waals surface area contributed by atoms with Crippen molar-refractivity contribution in [2.24, 2.45) is 11.7 Å². The number of para-hydroxylation sites is 1. The van der Waals surface area contributed by atoms with Crippen molar-refractivity contribution in [3.05, 3.63) is 51.2 Å². The third-order valence-corrected chi connectivity index (χ3v) is 7.55. The highest BCUT2D eigenvalue weighted by Gasteiger charge is 2.28. The normalized spacial score (nSPS) is 17.4. The second-order valence-corrected chi connectivity index (χ2v) is 9.58. The van der Waals surface area contributed by atoms with Crippen LogP contribution in [0.3, 0.4) is 0 Å². The second-order valence-electron chi connectivity index (χ2n) is 8.44. The van der Waals surface area contributed by atoms with E-state index >= 15 is 0 Å². The number of nitrogens with two attached hydrogens (primary N) is 1. The number of rotatable bonds is 4. The van der Waals surface area contributed by atoms with E-state index in [1.165, 1.54) is 36.1 Å². The van der Waals surface area contributed by atoms with Crippen molar-refractivity contribution in [3.8, 4) is 0 Å². The second kappa shape index (κ2) is 9.64. The molecule has 4 rings (SSSR count). The van der Waals surface area contributed by atoms with Crippen molar-refractivity contribution in [1.82, 2.24) is 4.90 Å². The van der Waals surface area contributed by atoms with E-state index in [2.05, 4.69) is 5.32 Å². The lowest BCUT2D eigenvalue weighted by Gasteiger charge is -2.31. The molecule has 2 aliphatic rings. The molecular weight excluding hydrogens is 410 g/mol. The van der Waals surface area contributed by atoms with Crippen LogP contribution in [0.15, 0.2) is 30.3 Å². The Morgan fingerprint density at radius 3 is 2.45 bits per heavy atom. The number of hydrogen-bond acceptors (Lipinski definition) is 4. The third kappa shape index (κ3) is 4.98. The maximum Gasteiger partial charge on any atom is 0.265 e. The van der Waals surface area contributed by atoms with Gasteiger partial charge in [0.25, 0.3) is 11.8 Å². The van der Waals surface area contributed by atoms with Gasteiger partial charge < -0.3 is 16.0 Å². The molecule has 2 aromatic rings. The molecule has 0 unspecified atom stereocenters. The van der Waals surface area contributed by atoms with E-state index in [-0.39, 0.29) is 23.6 Å². The maximum absolute atomic E-state index is 13.1. The average Bonchev–Trinajstić information content (AvgIpc) is 3.15. The van der Waals surface area contributed by atoms with Crippen LogP contribution in [-0.4, -0.2) is 35.7 Å².